The highest BCUT2D eigenvalue weighted by molar-refractivity contribution is 6.36. The number of anilines is 2. The quantitative estimate of drug-likeness (QED) is 0.870. The Morgan fingerprint density at radius 3 is 2.48 bits per heavy atom. The van der Waals surface area contributed by atoms with E-state index in [9.17, 15) is 4.79 Å². The van der Waals surface area contributed by atoms with Crippen molar-refractivity contribution in [2.75, 3.05) is 18.4 Å². The first kappa shape index (κ1) is 17.5. The van der Waals surface area contributed by atoms with E-state index in [1.54, 1.807) is 36.1 Å². The van der Waals surface area contributed by atoms with Crippen LogP contribution in [0.15, 0.2) is 24.3 Å². The molecule has 0 fully saturated rings. The summed E-state index contributed by atoms with van der Waals surface area (Å²) in [6.45, 7) is 6.87. The van der Waals surface area contributed by atoms with Gasteiger partial charge in [-0.15, -0.1) is 0 Å². The summed E-state index contributed by atoms with van der Waals surface area (Å²) in [5.41, 5.74) is 1.02. The van der Waals surface area contributed by atoms with Crippen LogP contribution in [0.3, 0.4) is 0 Å². The van der Waals surface area contributed by atoms with Crippen molar-refractivity contribution >= 4 is 40.6 Å². The summed E-state index contributed by atoms with van der Waals surface area (Å²) in [5, 5.41) is 4.13. The van der Waals surface area contributed by atoms with Crippen LogP contribution in [0.2, 0.25) is 10.0 Å². The largest absolute Gasteiger partial charge is 0.339 e. The Hall–Kier alpha value is -1.85. The highest BCUT2D eigenvalue weighted by Crippen LogP contribution is 2.27. The zero-order chi connectivity index (χ0) is 17.0. The van der Waals surface area contributed by atoms with E-state index in [0.29, 0.717) is 46.2 Å². The van der Waals surface area contributed by atoms with Crippen LogP contribution in [-0.4, -0.2) is 33.9 Å². The van der Waals surface area contributed by atoms with Gasteiger partial charge in [0.2, 0.25) is 0 Å². The molecule has 1 aromatic carbocycles. The Morgan fingerprint density at radius 1 is 1.17 bits per heavy atom. The molecule has 0 unspecified atom stereocenters. The second-order valence-corrected chi connectivity index (χ2v) is 5.76. The highest BCUT2D eigenvalue weighted by atomic mass is 35.5. The summed E-state index contributed by atoms with van der Waals surface area (Å²) < 4.78 is 0. The minimum Gasteiger partial charge on any atom is -0.339 e. The van der Waals surface area contributed by atoms with Crippen molar-refractivity contribution < 1.29 is 4.79 Å². The van der Waals surface area contributed by atoms with Gasteiger partial charge in [-0.2, -0.15) is 0 Å². The second kappa shape index (κ2) is 7.62. The molecule has 1 amide bonds. The lowest BCUT2D eigenvalue weighted by Gasteiger charge is -2.18. The van der Waals surface area contributed by atoms with Crippen molar-refractivity contribution in [2.45, 2.75) is 20.8 Å². The number of nitrogens with zero attached hydrogens (tertiary/aromatic N) is 3. The van der Waals surface area contributed by atoms with Gasteiger partial charge in [-0.1, -0.05) is 23.2 Å². The Morgan fingerprint density at radius 2 is 1.87 bits per heavy atom. The van der Waals surface area contributed by atoms with Crippen molar-refractivity contribution in [1.29, 1.82) is 0 Å². The molecule has 0 aliphatic heterocycles. The summed E-state index contributed by atoms with van der Waals surface area (Å²) in [6.07, 6.45) is 0. The van der Waals surface area contributed by atoms with Crippen LogP contribution < -0.4 is 5.32 Å². The van der Waals surface area contributed by atoms with Crippen molar-refractivity contribution in [1.82, 2.24) is 14.9 Å². The summed E-state index contributed by atoms with van der Waals surface area (Å²) in [6, 6.07) is 6.75. The lowest BCUT2D eigenvalue weighted by molar-refractivity contribution is 0.0766. The van der Waals surface area contributed by atoms with Gasteiger partial charge in [-0.05, 0) is 39.0 Å². The third kappa shape index (κ3) is 4.33. The minimum absolute atomic E-state index is 0.120. The maximum absolute atomic E-state index is 12.4. The van der Waals surface area contributed by atoms with Crippen molar-refractivity contribution in [2.24, 2.45) is 0 Å². The molecule has 1 aromatic heterocycles. The third-order valence-corrected chi connectivity index (χ3v) is 3.85. The van der Waals surface area contributed by atoms with Crippen LogP contribution in [-0.2, 0) is 0 Å². The number of carbonyl (C=O) groups excluding carboxylic acids is 1. The van der Waals surface area contributed by atoms with Crippen LogP contribution in [0.5, 0.6) is 0 Å². The molecule has 0 spiro atoms. The number of aromatic nitrogens is 2. The van der Waals surface area contributed by atoms with Crippen LogP contribution in [0, 0.1) is 6.92 Å². The molecule has 1 heterocycles. The number of nitrogens with one attached hydrogen (secondary N) is 1. The molecule has 0 saturated heterocycles. The number of hydrogen-bond acceptors (Lipinski definition) is 4. The molecule has 0 bridgehead atoms. The molecule has 0 atom stereocenters. The molecule has 122 valence electrons. The van der Waals surface area contributed by atoms with Crippen LogP contribution in [0.4, 0.5) is 11.5 Å². The number of aryl methyl sites for hydroxylation is 1. The first-order chi connectivity index (χ1) is 10.9. The maximum Gasteiger partial charge on any atom is 0.272 e. The van der Waals surface area contributed by atoms with Crippen LogP contribution in [0.25, 0.3) is 0 Å². The molecule has 1 N–H and O–H groups in total. The van der Waals surface area contributed by atoms with E-state index in [-0.39, 0.29) is 5.91 Å². The van der Waals surface area contributed by atoms with Gasteiger partial charge in [0.05, 0.1) is 10.7 Å². The highest BCUT2D eigenvalue weighted by Gasteiger charge is 2.16. The maximum atomic E-state index is 12.4. The lowest BCUT2D eigenvalue weighted by atomic mass is 10.3. The fourth-order valence-electron chi connectivity index (χ4n) is 2.14. The van der Waals surface area contributed by atoms with E-state index >= 15 is 0 Å². The fraction of sp³-hybridized carbons (Fsp3) is 0.312. The molecule has 0 radical (unpaired) electrons. The van der Waals surface area contributed by atoms with E-state index in [4.69, 9.17) is 23.2 Å². The van der Waals surface area contributed by atoms with Gasteiger partial charge < -0.3 is 10.2 Å². The van der Waals surface area contributed by atoms with Gasteiger partial charge in [0, 0.05) is 24.2 Å². The van der Waals surface area contributed by atoms with Gasteiger partial charge in [0.1, 0.15) is 17.3 Å². The molecule has 5 nitrogen and oxygen atoms in total. The van der Waals surface area contributed by atoms with E-state index in [1.807, 2.05) is 13.8 Å². The topological polar surface area (TPSA) is 58.1 Å². The summed E-state index contributed by atoms with van der Waals surface area (Å²) in [7, 11) is 0. The molecular formula is C16H18Cl2N4O. The predicted molar refractivity (Wildman–Crippen MR) is 93.8 cm³/mol. The van der Waals surface area contributed by atoms with E-state index < -0.39 is 0 Å². The number of hydrogen-bond donors (Lipinski definition) is 1. The molecule has 0 saturated carbocycles. The Labute approximate surface area is 145 Å². The molecule has 2 rings (SSSR count). The zero-order valence-electron chi connectivity index (χ0n) is 13.2. The van der Waals surface area contributed by atoms with Crippen molar-refractivity contribution in [3.05, 3.63) is 45.8 Å². The number of carbonyl (C=O) groups is 1. The lowest BCUT2D eigenvalue weighted by Crippen LogP contribution is -2.31. The van der Waals surface area contributed by atoms with Gasteiger partial charge in [0.25, 0.3) is 5.91 Å². The Balaban J connectivity index is 2.32. The Kier molecular flexibility index (Phi) is 5.80. The summed E-state index contributed by atoms with van der Waals surface area (Å²) in [5.74, 6) is 0.901. The average Bonchev–Trinajstić information content (AvgIpc) is 2.50. The van der Waals surface area contributed by atoms with Gasteiger partial charge in [-0.3, -0.25) is 4.79 Å². The van der Waals surface area contributed by atoms with Gasteiger partial charge >= 0.3 is 0 Å². The molecule has 7 heteroatoms. The Bertz CT molecular complexity index is 717. The summed E-state index contributed by atoms with van der Waals surface area (Å²) >= 11 is 12.0. The molecule has 0 aliphatic carbocycles. The minimum atomic E-state index is -0.120. The van der Waals surface area contributed by atoms with Gasteiger partial charge in [0.15, 0.2) is 0 Å². The standard InChI is InChI=1S/C16H18Cl2N4O/c1-4-22(5-2)16(23)14-9-15(20-10(3)19-14)21-13-7-6-11(17)8-12(13)18/h6-9H,4-5H2,1-3H3,(H,19,20,21). The average molecular weight is 353 g/mol. The number of benzene rings is 1. The van der Waals surface area contributed by atoms with Crippen LogP contribution in [0.1, 0.15) is 30.2 Å². The van der Waals surface area contributed by atoms with E-state index in [0.717, 1.165) is 0 Å². The first-order valence-electron chi connectivity index (χ1n) is 7.31. The molecule has 0 aliphatic rings. The molecule has 23 heavy (non-hydrogen) atoms. The first-order valence-corrected chi connectivity index (χ1v) is 8.07. The molecular weight excluding hydrogens is 335 g/mol. The SMILES string of the molecule is CCN(CC)C(=O)c1cc(Nc2ccc(Cl)cc2Cl)nc(C)n1. The van der Waals surface area contributed by atoms with E-state index in [1.165, 1.54) is 0 Å². The van der Waals surface area contributed by atoms with Crippen LogP contribution >= 0.6 is 23.2 Å². The number of rotatable bonds is 5. The number of amides is 1. The number of halogens is 2. The van der Waals surface area contributed by atoms with E-state index in [2.05, 4.69) is 15.3 Å². The molecule has 2 aromatic rings. The smallest absolute Gasteiger partial charge is 0.272 e. The zero-order valence-corrected chi connectivity index (χ0v) is 14.7. The van der Waals surface area contributed by atoms with Crippen molar-refractivity contribution in [3.8, 4) is 0 Å². The van der Waals surface area contributed by atoms with Gasteiger partial charge in [-0.25, -0.2) is 9.97 Å². The fourth-order valence-corrected chi connectivity index (χ4v) is 2.60. The normalized spacial score (nSPS) is 10.5. The summed E-state index contributed by atoms with van der Waals surface area (Å²) in [4.78, 5) is 22.7. The second-order valence-electron chi connectivity index (χ2n) is 4.91. The predicted octanol–water partition coefficient (Wildman–Crippen LogP) is 4.32. The third-order valence-electron chi connectivity index (χ3n) is 3.30. The monoisotopic (exact) mass is 352 g/mol. The van der Waals surface area contributed by atoms with Crippen molar-refractivity contribution in [3.63, 3.8) is 0 Å².